The van der Waals surface area contributed by atoms with Crippen LogP contribution in [0, 0.1) is 0 Å². The number of benzene rings is 1. The lowest BCUT2D eigenvalue weighted by Crippen LogP contribution is -2.38. The molecule has 1 aromatic carbocycles. The molecule has 0 atom stereocenters. The van der Waals surface area contributed by atoms with Crippen molar-refractivity contribution in [1.29, 1.82) is 0 Å². The van der Waals surface area contributed by atoms with Crippen molar-refractivity contribution in [1.82, 2.24) is 10.0 Å². The molecule has 0 saturated heterocycles. The predicted octanol–water partition coefficient (Wildman–Crippen LogP) is 2.25. The average molecular weight is 268 g/mol. The molecule has 0 saturated carbocycles. The third-order valence-electron chi connectivity index (χ3n) is 3.80. The number of carbonyl (C=O) groups is 2. The maximum atomic E-state index is 12.4. The summed E-state index contributed by atoms with van der Waals surface area (Å²) in [5.74, 6) is -0.904. The Hall–Kier alpha value is -2.36. The van der Waals surface area contributed by atoms with Crippen LogP contribution in [0.3, 0.4) is 0 Å². The van der Waals surface area contributed by atoms with Crippen molar-refractivity contribution in [3.05, 3.63) is 53.2 Å². The van der Waals surface area contributed by atoms with Gasteiger partial charge in [0, 0.05) is 24.2 Å². The Kier molecular flexibility index (Phi) is 2.57. The average Bonchev–Trinajstić information content (AvgIpc) is 2.68. The molecule has 4 nitrogen and oxygen atoms in total. The molecule has 0 N–H and O–H groups in total. The minimum absolute atomic E-state index is 0.160. The number of hydrazine groups is 1. The van der Waals surface area contributed by atoms with Crippen LogP contribution in [0.15, 0.2) is 42.1 Å². The number of hydrogen-bond acceptors (Lipinski definition) is 4. The van der Waals surface area contributed by atoms with E-state index in [-0.39, 0.29) is 6.04 Å². The van der Waals surface area contributed by atoms with Crippen LogP contribution in [0.25, 0.3) is 5.70 Å². The molecule has 4 heteroatoms. The van der Waals surface area contributed by atoms with Crippen LogP contribution in [0.4, 0.5) is 0 Å². The van der Waals surface area contributed by atoms with Crippen LogP contribution in [-0.2, 0) is 4.79 Å². The first-order chi connectivity index (χ1) is 9.45. The van der Waals surface area contributed by atoms with Crippen molar-refractivity contribution < 1.29 is 9.59 Å². The Morgan fingerprint density at radius 3 is 2.25 bits per heavy atom. The summed E-state index contributed by atoms with van der Waals surface area (Å²) in [5, 5.41) is 3.86. The van der Waals surface area contributed by atoms with Gasteiger partial charge in [0.25, 0.3) is 0 Å². The summed E-state index contributed by atoms with van der Waals surface area (Å²) in [6.07, 6.45) is 0. The van der Waals surface area contributed by atoms with Crippen molar-refractivity contribution in [3.8, 4) is 0 Å². The summed E-state index contributed by atoms with van der Waals surface area (Å²) in [5.41, 5.74) is 3.10. The lowest BCUT2D eigenvalue weighted by atomic mass is 9.87. The van der Waals surface area contributed by atoms with Gasteiger partial charge in [0.15, 0.2) is 0 Å². The first-order valence-corrected chi connectivity index (χ1v) is 6.60. The van der Waals surface area contributed by atoms with E-state index in [1.54, 1.807) is 12.1 Å². The Morgan fingerprint density at radius 1 is 1.05 bits per heavy atom. The molecule has 20 heavy (non-hydrogen) atoms. The number of fused-ring (bicyclic) bond motifs is 2. The zero-order valence-corrected chi connectivity index (χ0v) is 11.8. The van der Waals surface area contributed by atoms with Gasteiger partial charge in [0.2, 0.25) is 11.6 Å². The van der Waals surface area contributed by atoms with Crippen molar-refractivity contribution in [3.63, 3.8) is 0 Å². The molecule has 0 aromatic heterocycles. The van der Waals surface area contributed by atoms with E-state index in [0.717, 1.165) is 11.3 Å². The summed E-state index contributed by atoms with van der Waals surface area (Å²) in [7, 11) is 1.90. The number of ketones is 2. The first kappa shape index (κ1) is 12.7. The molecule has 1 heterocycles. The van der Waals surface area contributed by atoms with Crippen molar-refractivity contribution in [2.45, 2.75) is 19.9 Å². The molecular formula is C16H16N2O2. The molecule has 1 aromatic rings. The normalized spacial score (nSPS) is 18.1. The van der Waals surface area contributed by atoms with Gasteiger partial charge in [-0.15, -0.1) is 0 Å². The second-order valence-corrected chi connectivity index (χ2v) is 5.34. The van der Waals surface area contributed by atoms with Gasteiger partial charge in [-0.3, -0.25) is 19.6 Å². The minimum Gasteiger partial charge on any atom is -0.287 e. The van der Waals surface area contributed by atoms with Crippen LogP contribution in [0.5, 0.6) is 0 Å². The third kappa shape index (κ3) is 1.42. The number of rotatable bonds is 1. The summed E-state index contributed by atoms with van der Waals surface area (Å²) in [6.45, 7) is 8.05. The number of carbonyl (C=O) groups excluding carboxylic acids is 2. The first-order valence-electron chi connectivity index (χ1n) is 6.60. The maximum absolute atomic E-state index is 12.4. The molecule has 0 amide bonds. The van der Waals surface area contributed by atoms with Crippen LogP contribution >= 0.6 is 0 Å². The standard InChI is InChI=1S/C16H16N2O2/c1-9(2)18-10(3)13-14(17(18)4)11-7-5-6-8-12(11)15(19)16(13)20/h5-9H,3H2,1-2,4H3. The monoisotopic (exact) mass is 268 g/mol. The quantitative estimate of drug-likeness (QED) is 0.732. The van der Waals surface area contributed by atoms with Gasteiger partial charge in [0.05, 0.1) is 17.0 Å². The molecule has 0 radical (unpaired) electrons. The summed E-state index contributed by atoms with van der Waals surface area (Å²) in [4.78, 5) is 24.6. The van der Waals surface area contributed by atoms with E-state index in [4.69, 9.17) is 0 Å². The lowest BCUT2D eigenvalue weighted by molar-refractivity contribution is -0.111. The second kappa shape index (κ2) is 4.07. The molecule has 3 rings (SSSR count). The predicted molar refractivity (Wildman–Crippen MR) is 76.6 cm³/mol. The van der Waals surface area contributed by atoms with Crippen LogP contribution < -0.4 is 0 Å². The van der Waals surface area contributed by atoms with Crippen molar-refractivity contribution in [2.24, 2.45) is 0 Å². The third-order valence-corrected chi connectivity index (χ3v) is 3.80. The largest absolute Gasteiger partial charge is 0.287 e. The molecule has 0 fully saturated rings. The van der Waals surface area contributed by atoms with Crippen LogP contribution in [0.2, 0.25) is 0 Å². The molecule has 0 unspecified atom stereocenters. The molecule has 2 aliphatic rings. The van der Waals surface area contributed by atoms with Gasteiger partial charge in [-0.2, -0.15) is 0 Å². The smallest absolute Gasteiger partial charge is 0.237 e. The highest BCUT2D eigenvalue weighted by atomic mass is 16.2. The zero-order chi connectivity index (χ0) is 14.6. The van der Waals surface area contributed by atoms with E-state index < -0.39 is 11.6 Å². The van der Waals surface area contributed by atoms with E-state index >= 15 is 0 Å². The molecule has 1 aliphatic heterocycles. The number of Topliss-reactive ketones (excluding diaryl/α,β-unsaturated/α-hetero) is 2. The van der Waals surface area contributed by atoms with E-state index in [1.807, 2.05) is 43.0 Å². The highest BCUT2D eigenvalue weighted by molar-refractivity contribution is 6.53. The lowest BCUT2D eigenvalue weighted by Gasteiger charge is -2.34. The van der Waals surface area contributed by atoms with Gasteiger partial charge in [-0.05, 0) is 13.8 Å². The maximum Gasteiger partial charge on any atom is 0.237 e. The van der Waals surface area contributed by atoms with Crippen molar-refractivity contribution >= 4 is 17.3 Å². The minimum atomic E-state index is -0.460. The van der Waals surface area contributed by atoms with Gasteiger partial charge in [-0.25, -0.2) is 0 Å². The van der Waals surface area contributed by atoms with E-state index in [2.05, 4.69) is 6.58 Å². The molecule has 0 spiro atoms. The fourth-order valence-corrected chi connectivity index (χ4v) is 3.03. The Bertz CT molecular complexity index is 685. The van der Waals surface area contributed by atoms with Gasteiger partial charge >= 0.3 is 0 Å². The van der Waals surface area contributed by atoms with Gasteiger partial charge < -0.3 is 0 Å². The van der Waals surface area contributed by atoms with E-state index in [9.17, 15) is 9.59 Å². The molecule has 1 aliphatic carbocycles. The molecular weight excluding hydrogens is 252 g/mol. The van der Waals surface area contributed by atoms with Crippen LogP contribution in [0.1, 0.15) is 29.8 Å². The van der Waals surface area contributed by atoms with Gasteiger partial charge in [-0.1, -0.05) is 30.8 Å². The second-order valence-electron chi connectivity index (χ2n) is 5.34. The summed E-state index contributed by atoms with van der Waals surface area (Å²) in [6, 6.07) is 7.39. The molecule has 102 valence electrons. The van der Waals surface area contributed by atoms with E-state index in [1.165, 1.54) is 0 Å². The zero-order valence-electron chi connectivity index (χ0n) is 11.8. The van der Waals surface area contributed by atoms with Gasteiger partial charge in [0.1, 0.15) is 0 Å². The highest BCUT2D eigenvalue weighted by Crippen LogP contribution is 2.42. The number of allylic oxidation sites excluding steroid dienone is 1. The fraction of sp³-hybridized carbons (Fsp3) is 0.250. The fourth-order valence-electron chi connectivity index (χ4n) is 3.03. The molecule has 0 bridgehead atoms. The Morgan fingerprint density at radius 2 is 1.65 bits per heavy atom. The summed E-state index contributed by atoms with van der Waals surface area (Å²) < 4.78 is 0. The Balaban J connectivity index is 2.27. The van der Waals surface area contributed by atoms with Crippen LogP contribution in [-0.4, -0.2) is 34.7 Å². The highest BCUT2D eigenvalue weighted by Gasteiger charge is 2.43. The van der Waals surface area contributed by atoms with Crippen molar-refractivity contribution in [2.75, 3.05) is 7.05 Å². The number of nitrogens with zero attached hydrogens (tertiary/aromatic N) is 2. The summed E-state index contributed by atoms with van der Waals surface area (Å²) >= 11 is 0. The SMILES string of the molecule is C=C1C2=C(c3ccccc3C(=O)C2=O)N(C)N1C(C)C. The topological polar surface area (TPSA) is 40.6 Å². The number of hydrogen-bond donors (Lipinski definition) is 0. The van der Waals surface area contributed by atoms with E-state index in [0.29, 0.717) is 16.8 Å². The Labute approximate surface area is 118 Å².